The maximum Gasteiger partial charge on any atom is 0.287 e. The Kier molecular flexibility index (Phi) is 5.95. The number of hydrogen-bond acceptors (Lipinski definition) is 5. The van der Waals surface area contributed by atoms with Crippen molar-refractivity contribution in [1.82, 2.24) is 10.6 Å². The third kappa shape index (κ3) is 5.16. The molecule has 0 saturated carbocycles. The van der Waals surface area contributed by atoms with Crippen molar-refractivity contribution in [2.24, 2.45) is 0 Å². The minimum Gasteiger partial charge on any atom is -0.497 e. The summed E-state index contributed by atoms with van der Waals surface area (Å²) in [5.41, 5.74) is 0.584. The van der Waals surface area contributed by atoms with E-state index < -0.39 is 11.8 Å². The first kappa shape index (κ1) is 17.1. The van der Waals surface area contributed by atoms with E-state index in [0.717, 1.165) is 0 Å². The second-order valence-corrected chi connectivity index (χ2v) is 4.71. The monoisotopic (exact) mass is 331 g/mol. The molecule has 2 aromatic rings. The van der Waals surface area contributed by atoms with Crippen molar-refractivity contribution in [3.63, 3.8) is 0 Å². The molecule has 3 N–H and O–H groups in total. The predicted molar refractivity (Wildman–Crippen MR) is 85.7 cm³/mol. The number of anilines is 1. The van der Waals surface area contributed by atoms with Crippen LogP contribution in [0.3, 0.4) is 0 Å². The van der Waals surface area contributed by atoms with Gasteiger partial charge in [0.1, 0.15) is 5.75 Å². The zero-order chi connectivity index (χ0) is 17.4. The van der Waals surface area contributed by atoms with Crippen LogP contribution in [0.1, 0.15) is 10.6 Å². The van der Waals surface area contributed by atoms with Crippen LogP contribution in [0.4, 0.5) is 5.69 Å². The molecule has 0 saturated heterocycles. The number of carbonyl (C=O) groups is 3. The van der Waals surface area contributed by atoms with Crippen molar-refractivity contribution in [2.45, 2.75) is 0 Å². The number of rotatable bonds is 7. The minimum atomic E-state index is -0.502. The highest BCUT2D eigenvalue weighted by Crippen LogP contribution is 2.14. The Morgan fingerprint density at radius 1 is 1.00 bits per heavy atom. The molecular formula is C16H17N3O5. The van der Waals surface area contributed by atoms with E-state index in [2.05, 4.69) is 16.0 Å². The molecule has 1 heterocycles. The van der Waals surface area contributed by atoms with Crippen molar-refractivity contribution in [3.05, 3.63) is 48.4 Å². The lowest BCUT2D eigenvalue weighted by Gasteiger charge is -2.08. The van der Waals surface area contributed by atoms with Gasteiger partial charge in [-0.25, -0.2) is 0 Å². The molecule has 1 aromatic carbocycles. The molecule has 8 nitrogen and oxygen atoms in total. The molecule has 0 radical (unpaired) electrons. The number of methoxy groups -OCH3 is 1. The molecule has 24 heavy (non-hydrogen) atoms. The van der Waals surface area contributed by atoms with Gasteiger partial charge in [-0.15, -0.1) is 0 Å². The van der Waals surface area contributed by atoms with Gasteiger partial charge in [-0.1, -0.05) is 0 Å². The van der Waals surface area contributed by atoms with E-state index in [4.69, 9.17) is 9.15 Å². The maximum atomic E-state index is 11.7. The largest absolute Gasteiger partial charge is 0.497 e. The number of hydrogen-bond donors (Lipinski definition) is 3. The zero-order valence-corrected chi connectivity index (χ0v) is 13.0. The van der Waals surface area contributed by atoms with Gasteiger partial charge in [-0.2, -0.15) is 0 Å². The summed E-state index contributed by atoms with van der Waals surface area (Å²) in [5.74, 6) is -0.586. The van der Waals surface area contributed by atoms with Crippen LogP contribution in [0.25, 0.3) is 0 Å². The third-order valence-corrected chi connectivity index (χ3v) is 2.97. The Bertz CT molecular complexity index is 695. The summed E-state index contributed by atoms with van der Waals surface area (Å²) >= 11 is 0. The molecule has 2 rings (SSSR count). The van der Waals surface area contributed by atoms with Gasteiger partial charge in [0.2, 0.25) is 11.8 Å². The summed E-state index contributed by atoms with van der Waals surface area (Å²) < 4.78 is 9.91. The van der Waals surface area contributed by atoms with Crippen LogP contribution < -0.4 is 20.7 Å². The lowest BCUT2D eigenvalue weighted by Crippen LogP contribution is -2.40. The number of furan rings is 1. The van der Waals surface area contributed by atoms with E-state index in [1.807, 2.05) is 0 Å². The fourth-order valence-electron chi connectivity index (χ4n) is 1.78. The van der Waals surface area contributed by atoms with Gasteiger partial charge in [0, 0.05) is 5.69 Å². The van der Waals surface area contributed by atoms with E-state index in [9.17, 15) is 14.4 Å². The van der Waals surface area contributed by atoms with Gasteiger partial charge >= 0.3 is 0 Å². The van der Waals surface area contributed by atoms with Crippen molar-refractivity contribution in [3.8, 4) is 5.75 Å². The predicted octanol–water partition coefficient (Wildman–Crippen LogP) is 0.773. The van der Waals surface area contributed by atoms with Crippen LogP contribution in [0.5, 0.6) is 5.75 Å². The van der Waals surface area contributed by atoms with E-state index in [1.165, 1.54) is 12.3 Å². The third-order valence-electron chi connectivity index (χ3n) is 2.97. The summed E-state index contributed by atoms with van der Waals surface area (Å²) in [6, 6.07) is 9.83. The Labute approximate surface area is 138 Å². The fraction of sp³-hybridized carbons (Fsp3) is 0.188. The Morgan fingerprint density at radius 3 is 2.33 bits per heavy atom. The van der Waals surface area contributed by atoms with Crippen LogP contribution in [0, 0.1) is 0 Å². The van der Waals surface area contributed by atoms with E-state index in [1.54, 1.807) is 37.4 Å². The van der Waals surface area contributed by atoms with Gasteiger partial charge in [-0.05, 0) is 36.4 Å². The molecule has 0 aliphatic carbocycles. The first-order chi connectivity index (χ1) is 11.6. The van der Waals surface area contributed by atoms with Crippen LogP contribution in [0.2, 0.25) is 0 Å². The smallest absolute Gasteiger partial charge is 0.287 e. The Hall–Kier alpha value is -3.29. The molecule has 0 atom stereocenters. The zero-order valence-electron chi connectivity index (χ0n) is 13.0. The number of ether oxygens (including phenoxy) is 1. The molecule has 126 valence electrons. The van der Waals surface area contributed by atoms with E-state index >= 15 is 0 Å². The van der Waals surface area contributed by atoms with Crippen LogP contribution >= 0.6 is 0 Å². The lowest BCUT2D eigenvalue weighted by atomic mass is 10.3. The number of carbonyl (C=O) groups excluding carboxylic acids is 3. The number of benzene rings is 1. The minimum absolute atomic E-state index is 0.111. The molecule has 0 bridgehead atoms. The number of amides is 3. The fourth-order valence-corrected chi connectivity index (χ4v) is 1.78. The quantitative estimate of drug-likeness (QED) is 0.694. The topological polar surface area (TPSA) is 110 Å². The van der Waals surface area contributed by atoms with Crippen molar-refractivity contribution in [2.75, 3.05) is 25.5 Å². The molecule has 0 fully saturated rings. The Balaban J connectivity index is 1.68. The van der Waals surface area contributed by atoms with Gasteiger partial charge in [0.05, 0.1) is 26.5 Å². The highest BCUT2D eigenvalue weighted by molar-refractivity contribution is 5.96. The summed E-state index contributed by atoms with van der Waals surface area (Å²) in [7, 11) is 1.55. The second-order valence-electron chi connectivity index (χ2n) is 4.71. The summed E-state index contributed by atoms with van der Waals surface area (Å²) in [4.78, 5) is 34.9. The normalized spacial score (nSPS) is 9.88. The summed E-state index contributed by atoms with van der Waals surface area (Å²) in [6.45, 7) is -0.461. The average molecular weight is 331 g/mol. The van der Waals surface area contributed by atoms with Gasteiger partial charge < -0.3 is 25.1 Å². The SMILES string of the molecule is COc1ccc(NC(=O)CNC(=O)CNC(=O)c2ccco2)cc1. The highest BCUT2D eigenvalue weighted by atomic mass is 16.5. The molecule has 8 heteroatoms. The summed E-state index contributed by atoms with van der Waals surface area (Å²) in [6.07, 6.45) is 1.36. The van der Waals surface area contributed by atoms with Crippen molar-refractivity contribution >= 4 is 23.4 Å². The van der Waals surface area contributed by atoms with E-state index in [-0.39, 0.29) is 24.8 Å². The molecule has 0 aliphatic heterocycles. The molecule has 1 aromatic heterocycles. The van der Waals surface area contributed by atoms with Crippen LogP contribution in [0.15, 0.2) is 47.1 Å². The second kappa shape index (κ2) is 8.37. The molecule has 0 spiro atoms. The van der Waals surface area contributed by atoms with Crippen LogP contribution in [-0.4, -0.2) is 37.9 Å². The highest BCUT2D eigenvalue weighted by Gasteiger charge is 2.11. The molecular weight excluding hydrogens is 314 g/mol. The lowest BCUT2D eigenvalue weighted by molar-refractivity contribution is -0.123. The molecule has 0 aliphatic rings. The maximum absolute atomic E-state index is 11.7. The standard InChI is InChI=1S/C16H17N3O5/c1-23-12-6-4-11(5-7-12)19-15(21)10-17-14(20)9-18-16(22)13-3-2-8-24-13/h2-8H,9-10H2,1H3,(H,17,20)(H,18,22)(H,19,21). The first-order valence-electron chi connectivity index (χ1n) is 7.11. The van der Waals surface area contributed by atoms with E-state index in [0.29, 0.717) is 11.4 Å². The van der Waals surface area contributed by atoms with Crippen molar-refractivity contribution in [1.29, 1.82) is 0 Å². The summed E-state index contributed by atoms with van der Waals surface area (Å²) in [5, 5.41) is 7.41. The number of nitrogens with one attached hydrogen (secondary N) is 3. The first-order valence-corrected chi connectivity index (χ1v) is 7.11. The molecule has 0 unspecified atom stereocenters. The Morgan fingerprint density at radius 2 is 1.71 bits per heavy atom. The van der Waals surface area contributed by atoms with Crippen molar-refractivity contribution < 1.29 is 23.5 Å². The van der Waals surface area contributed by atoms with Gasteiger partial charge in [0.25, 0.3) is 5.91 Å². The van der Waals surface area contributed by atoms with Gasteiger partial charge in [-0.3, -0.25) is 14.4 Å². The van der Waals surface area contributed by atoms with Crippen LogP contribution in [-0.2, 0) is 9.59 Å². The van der Waals surface area contributed by atoms with Gasteiger partial charge in [0.15, 0.2) is 5.76 Å². The average Bonchev–Trinajstić information content (AvgIpc) is 3.13. The molecule has 3 amide bonds.